The molecule has 8 nitrogen and oxygen atoms in total. The van der Waals surface area contributed by atoms with Gasteiger partial charge in [0, 0.05) is 32.4 Å². The van der Waals surface area contributed by atoms with E-state index >= 15 is 0 Å². The average molecular weight is 630 g/mol. The third kappa shape index (κ3) is 8.65. The standard InChI is InChI=1S/C34H32ClN3O5S/c1-21-10-11-25(35)20-29(21)37-32(39)22(2)44-28-15-12-26(13-16-28)36-34(41)30(38-33(40)23-8-6-5-7-9-23)19-24-18-27(42-3)14-17-31(24)43-4/h5-20,22H,1-4H3,(H,36,41)(H,37,39)(H,38,40)/b30-19-. The lowest BCUT2D eigenvalue weighted by atomic mass is 10.1. The molecule has 3 N–H and O–H groups in total. The van der Waals surface area contributed by atoms with E-state index in [1.54, 1.807) is 72.8 Å². The maximum absolute atomic E-state index is 13.5. The van der Waals surface area contributed by atoms with Gasteiger partial charge in [-0.3, -0.25) is 14.4 Å². The molecule has 0 bridgehead atoms. The summed E-state index contributed by atoms with van der Waals surface area (Å²) >= 11 is 7.46. The van der Waals surface area contributed by atoms with Gasteiger partial charge in [0.25, 0.3) is 11.8 Å². The molecule has 4 aromatic rings. The second-order valence-electron chi connectivity index (χ2n) is 9.67. The monoisotopic (exact) mass is 629 g/mol. The van der Waals surface area contributed by atoms with Crippen LogP contribution in [0.25, 0.3) is 6.08 Å². The van der Waals surface area contributed by atoms with Crippen LogP contribution in [-0.2, 0) is 9.59 Å². The number of halogens is 1. The number of ether oxygens (including phenoxy) is 2. The molecule has 4 aromatic carbocycles. The molecule has 0 spiro atoms. The Morgan fingerprint density at radius 2 is 1.59 bits per heavy atom. The van der Waals surface area contributed by atoms with Crippen molar-refractivity contribution in [2.24, 2.45) is 0 Å². The highest BCUT2D eigenvalue weighted by Crippen LogP contribution is 2.28. The maximum atomic E-state index is 13.5. The summed E-state index contributed by atoms with van der Waals surface area (Å²) in [5, 5.41) is 8.64. The lowest BCUT2D eigenvalue weighted by Gasteiger charge is -2.15. The molecular weight excluding hydrogens is 598 g/mol. The number of hydrogen-bond acceptors (Lipinski definition) is 6. The fourth-order valence-electron chi connectivity index (χ4n) is 4.09. The van der Waals surface area contributed by atoms with Crippen LogP contribution in [0.1, 0.15) is 28.4 Å². The highest BCUT2D eigenvalue weighted by Gasteiger charge is 2.18. The zero-order chi connectivity index (χ0) is 31.6. The number of thioether (sulfide) groups is 1. The van der Waals surface area contributed by atoms with E-state index in [0.717, 1.165) is 10.5 Å². The predicted octanol–water partition coefficient (Wildman–Crippen LogP) is 7.19. The molecule has 0 saturated heterocycles. The summed E-state index contributed by atoms with van der Waals surface area (Å²) in [6, 6.07) is 26.2. The Kier molecular flexibility index (Phi) is 11.1. The Morgan fingerprint density at radius 1 is 0.864 bits per heavy atom. The fourth-order valence-corrected chi connectivity index (χ4v) is 5.13. The zero-order valence-electron chi connectivity index (χ0n) is 24.6. The first kappa shape index (κ1) is 32.2. The van der Waals surface area contributed by atoms with E-state index in [-0.39, 0.29) is 11.6 Å². The van der Waals surface area contributed by atoms with Gasteiger partial charge in [0.2, 0.25) is 5.91 Å². The molecule has 0 aliphatic heterocycles. The highest BCUT2D eigenvalue weighted by atomic mass is 35.5. The molecule has 0 aliphatic rings. The molecule has 0 radical (unpaired) electrons. The number of rotatable bonds is 11. The molecule has 0 fully saturated rings. The molecule has 44 heavy (non-hydrogen) atoms. The molecule has 4 rings (SSSR count). The molecule has 0 saturated carbocycles. The first-order chi connectivity index (χ1) is 21.2. The van der Waals surface area contributed by atoms with Gasteiger partial charge in [0.05, 0.1) is 19.5 Å². The van der Waals surface area contributed by atoms with Crippen molar-refractivity contribution < 1.29 is 23.9 Å². The Bertz CT molecular complexity index is 1680. The third-order valence-corrected chi connectivity index (χ3v) is 7.86. The number of amides is 3. The molecule has 226 valence electrons. The van der Waals surface area contributed by atoms with Gasteiger partial charge in [-0.05, 0) is 92.2 Å². The molecule has 3 amide bonds. The number of benzene rings is 4. The summed E-state index contributed by atoms with van der Waals surface area (Å²) in [5.41, 5.74) is 3.03. The van der Waals surface area contributed by atoms with Gasteiger partial charge in [0.1, 0.15) is 17.2 Å². The van der Waals surface area contributed by atoms with Crippen molar-refractivity contribution in [3.8, 4) is 11.5 Å². The summed E-state index contributed by atoms with van der Waals surface area (Å²) in [7, 11) is 3.05. The van der Waals surface area contributed by atoms with Crippen molar-refractivity contribution in [2.45, 2.75) is 24.0 Å². The van der Waals surface area contributed by atoms with E-state index in [4.69, 9.17) is 21.1 Å². The van der Waals surface area contributed by atoms with E-state index in [2.05, 4.69) is 16.0 Å². The summed E-state index contributed by atoms with van der Waals surface area (Å²) in [6.07, 6.45) is 1.53. The van der Waals surface area contributed by atoms with Gasteiger partial charge in [-0.2, -0.15) is 0 Å². The normalized spacial score (nSPS) is 11.7. The average Bonchev–Trinajstić information content (AvgIpc) is 3.03. The summed E-state index contributed by atoms with van der Waals surface area (Å²) in [4.78, 5) is 40.1. The van der Waals surface area contributed by atoms with Gasteiger partial charge in [-0.15, -0.1) is 11.8 Å². The van der Waals surface area contributed by atoms with Crippen molar-refractivity contribution in [3.63, 3.8) is 0 Å². The molecular formula is C34H32ClN3O5S. The van der Waals surface area contributed by atoms with Crippen LogP contribution in [0.5, 0.6) is 11.5 Å². The molecule has 0 heterocycles. The number of carbonyl (C=O) groups is 3. The molecule has 1 unspecified atom stereocenters. The minimum absolute atomic E-state index is 0.00506. The number of methoxy groups -OCH3 is 2. The number of anilines is 2. The minimum Gasteiger partial charge on any atom is -0.497 e. The maximum Gasteiger partial charge on any atom is 0.272 e. The Labute approximate surface area is 265 Å². The van der Waals surface area contributed by atoms with Gasteiger partial charge in [-0.1, -0.05) is 35.9 Å². The van der Waals surface area contributed by atoms with Crippen LogP contribution >= 0.6 is 23.4 Å². The van der Waals surface area contributed by atoms with E-state index in [9.17, 15) is 14.4 Å². The highest BCUT2D eigenvalue weighted by molar-refractivity contribution is 8.00. The first-order valence-electron chi connectivity index (χ1n) is 13.6. The van der Waals surface area contributed by atoms with Crippen LogP contribution in [0.4, 0.5) is 11.4 Å². The van der Waals surface area contributed by atoms with E-state index in [0.29, 0.717) is 39.0 Å². The summed E-state index contributed by atoms with van der Waals surface area (Å²) in [6.45, 7) is 3.71. The minimum atomic E-state index is -0.538. The van der Waals surface area contributed by atoms with Gasteiger partial charge in [-0.25, -0.2) is 0 Å². The van der Waals surface area contributed by atoms with Crippen molar-refractivity contribution in [1.29, 1.82) is 0 Å². The summed E-state index contributed by atoms with van der Waals surface area (Å²) < 4.78 is 10.8. The van der Waals surface area contributed by atoms with Crippen molar-refractivity contribution >= 4 is 58.5 Å². The van der Waals surface area contributed by atoms with Crippen LogP contribution < -0.4 is 25.4 Å². The quantitative estimate of drug-likeness (QED) is 0.120. The third-order valence-electron chi connectivity index (χ3n) is 6.52. The SMILES string of the molecule is COc1ccc(OC)c(/C=C(\NC(=O)c2ccccc2)C(=O)Nc2ccc(SC(C)C(=O)Nc3cc(Cl)ccc3C)cc2)c1. The topological polar surface area (TPSA) is 106 Å². The predicted molar refractivity (Wildman–Crippen MR) is 177 cm³/mol. The summed E-state index contributed by atoms with van der Waals surface area (Å²) in [5.74, 6) is -0.0836. The number of hydrogen-bond donors (Lipinski definition) is 3. The fraction of sp³-hybridized carbons (Fsp3) is 0.147. The van der Waals surface area contributed by atoms with Crippen molar-refractivity contribution in [1.82, 2.24) is 5.32 Å². The van der Waals surface area contributed by atoms with Crippen LogP contribution in [0, 0.1) is 6.92 Å². The van der Waals surface area contributed by atoms with Crippen LogP contribution in [0.2, 0.25) is 5.02 Å². The molecule has 1 atom stereocenters. The number of aryl methyl sites for hydroxylation is 1. The van der Waals surface area contributed by atoms with E-state index in [1.807, 2.05) is 32.0 Å². The van der Waals surface area contributed by atoms with Crippen LogP contribution in [0.15, 0.2) is 102 Å². The lowest BCUT2D eigenvalue weighted by molar-refractivity contribution is -0.115. The van der Waals surface area contributed by atoms with Crippen molar-refractivity contribution in [2.75, 3.05) is 24.9 Å². The largest absolute Gasteiger partial charge is 0.497 e. The molecule has 0 aliphatic carbocycles. The molecule has 0 aromatic heterocycles. The van der Waals surface area contributed by atoms with Gasteiger partial charge >= 0.3 is 0 Å². The first-order valence-corrected chi connectivity index (χ1v) is 14.9. The Morgan fingerprint density at radius 3 is 2.27 bits per heavy atom. The van der Waals surface area contributed by atoms with Gasteiger partial charge in [0.15, 0.2) is 0 Å². The number of nitrogens with one attached hydrogen (secondary N) is 3. The van der Waals surface area contributed by atoms with Crippen LogP contribution in [0.3, 0.4) is 0 Å². The van der Waals surface area contributed by atoms with Crippen molar-refractivity contribution in [3.05, 3.63) is 118 Å². The second-order valence-corrected chi connectivity index (χ2v) is 11.5. The Hall–Kier alpha value is -4.73. The van der Waals surface area contributed by atoms with E-state index in [1.165, 1.54) is 32.1 Å². The zero-order valence-corrected chi connectivity index (χ0v) is 26.2. The smallest absolute Gasteiger partial charge is 0.272 e. The van der Waals surface area contributed by atoms with E-state index < -0.39 is 17.1 Å². The van der Waals surface area contributed by atoms with Gasteiger partial charge < -0.3 is 25.4 Å². The lowest BCUT2D eigenvalue weighted by Crippen LogP contribution is -2.30. The Balaban J connectivity index is 1.49. The van der Waals surface area contributed by atoms with Crippen LogP contribution in [-0.4, -0.2) is 37.2 Å². The molecule has 10 heteroatoms. The number of carbonyl (C=O) groups excluding carboxylic acids is 3. The second kappa shape index (κ2) is 15.1.